The Hall–Kier alpha value is -0.730. The van der Waals surface area contributed by atoms with Crippen LogP contribution >= 0.6 is 11.6 Å². The third-order valence-corrected chi connectivity index (χ3v) is 3.28. The van der Waals surface area contributed by atoms with Crippen molar-refractivity contribution >= 4 is 17.3 Å². The highest BCUT2D eigenvalue weighted by atomic mass is 35.5. The first-order valence-electron chi connectivity index (χ1n) is 5.79. The van der Waals surface area contributed by atoms with Gasteiger partial charge in [-0.3, -0.25) is 0 Å². The van der Waals surface area contributed by atoms with Crippen molar-refractivity contribution in [3.63, 3.8) is 0 Å². The smallest absolute Gasteiger partial charge is 0.0640 e. The first-order chi connectivity index (χ1) is 7.65. The molecule has 1 fully saturated rings. The minimum absolute atomic E-state index is 0.343. The van der Waals surface area contributed by atoms with Gasteiger partial charge in [0.15, 0.2) is 0 Å². The molecule has 1 N–H and O–H groups in total. The largest absolute Gasteiger partial charge is 0.381 e. The molecule has 0 amide bonds. The van der Waals surface area contributed by atoms with Crippen LogP contribution in [-0.2, 0) is 4.74 Å². The molecule has 1 saturated heterocycles. The van der Waals surface area contributed by atoms with E-state index in [2.05, 4.69) is 24.4 Å². The summed E-state index contributed by atoms with van der Waals surface area (Å²) in [5, 5.41) is 4.30. The molecule has 1 aromatic rings. The van der Waals surface area contributed by atoms with E-state index in [1.807, 2.05) is 13.0 Å². The van der Waals surface area contributed by atoms with E-state index in [1.165, 1.54) is 5.56 Å². The second-order valence-electron chi connectivity index (χ2n) is 4.53. The number of ether oxygens (including phenoxy) is 1. The van der Waals surface area contributed by atoms with Crippen molar-refractivity contribution in [3.8, 4) is 0 Å². The number of benzene rings is 1. The quantitative estimate of drug-likeness (QED) is 0.851. The first-order valence-corrected chi connectivity index (χ1v) is 6.17. The summed E-state index contributed by atoms with van der Waals surface area (Å²) < 4.78 is 5.52. The Morgan fingerprint density at radius 2 is 2.25 bits per heavy atom. The third-order valence-electron chi connectivity index (χ3n) is 2.97. The van der Waals surface area contributed by atoms with E-state index in [-0.39, 0.29) is 0 Å². The maximum absolute atomic E-state index is 6.19. The molecule has 0 radical (unpaired) electrons. The van der Waals surface area contributed by atoms with Gasteiger partial charge in [-0.2, -0.15) is 0 Å². The Morgan fingerprint density at radius 3 is 2.94 bits per heavy atom. The molecule has 2 nitrogen and oxygen atoms in total. The van der Waals surface area contributed by atoms with E-state index >= 15 is 0 Å². The number of rotatable bonds is 2. The molecule has 1 aromatic carbocycles. The van der Waals surface area contributed by atoms with Crippen molar-refractivity contribution in [3.05, 3.63) is 28.8 Å². The molecule has 0 saturated carbocycles. The molecule has 2 rings (SSSR count). The summed E-state index contributed by atoms with van der Waals surface area (Å²) in [6.45, 7) is 5.00. The third kappa shape index (κ3) is 2.89. The Morgan fingerprint density at radius 1 is 1.44 bits per heavy atom. The summed E-state index contributed by atoms with van der Waals surface area (Å²) >= 11 is 6.19. The molecule has 2 unspecified atom stereocenters. The monoisotopic (exact) mass is 239 g/mol. The van der Waals surface area contributed by atoms with Gasteiger partial charge in [0.2, 0.25) is 0 Å². The summed E-state index contributed by atoms with van der Waals surface area (Å²) in [5.41, 5.74) is 2.22. The van der Waals surface area contributed by atoms with Crippen LogP contribution in [0.25, 0.3) is 0 Å². The predicted molar refractivity (Wildman–Crippen MR) is 68.2 cm³/mol. The van der Waals surface area contributed by atoms with E-state index in [4.69, 9.17) is 16.3 Å². The van der Waals surface area contributed by atoms with Gasteiger partial charge in [0.25, 0.3) is 0 Å². The van der Waals surface area contributed by atoms with Gasteiger partial charge in [0.05, 0.1) is 16.8 Å². The zero-order valence-electron chi connectivity index (χ0n) is 9.79. The van der Waals surface area contributed by atoms with Crippen LogP contribution in [0.1, 0.15) is 25.3 Å². The lowest BCUT2D eigenvalue weighted by Gasteiger charge is -2.29. The Labute approximate surface area is 102 Å². The van der Waals surface area contributed by atoms with Crippen molar-refractivity contribution in [1.29, 1.82) is 0 Å². The Bertz CT molecular complexity index is 367. The van der Waals surface area contributed by atoms with Crippen molar-refractivity contribution in [2.45, 2.75) is 38.8 Å². The van der Waals surface area contributed by atoms with E-state index in [1.54, 1.807) is 0 Å². The lowest BCUT2D eigenvalue weighted by Crippen LogP contribution is -2.32. The van der Waals surface area contributed by atoms with Crippen LogP contribution in [0.15, 0.2) is 18.2 Å². The van der Waals surface area contributed by atoms with Gasteiger partial charge in [-0.15, -0.1) is 0 Å². The van der Waals surface area contributed by atoms with Crippen molar-refractivity contribution in [2.75, 3.05) is 11.9 Å². The van der Waals surface area contributed by atoms with E-state index in [0.29, 0.717) is 12.1 Å². The van der Waals surface area contributed by atoms with Crippen LogP contribution in [0, 0.1) is 6.92 Å². The molecule has 16 heavy (non-hydrogen) atoms. The maximum atomic E-state index is 6.19. The normalized spacial score (nSPS) is 25.4. The van der Waals surface area contributed by atoms with Gasteiger partial charge in [-0.1, -0.05) is 17.7 Å². The molecule has 0 spiro atoms. The summed E-state index contributed by atoms with van der Waals surface area (Å²) in [7, 11) is 0. The van der Waals surface area contributed by atoms with Crippen LogP contribution in [-0.4, -0.2) is 18.8 Å². The topological polar surface area (TPSA) is 21.3 Å². The molecule has 2 atom stereocenters. The summed E-state index contributed by atoms with van der Waals surface area (Å²) in [6.07, 6.45) is 2.44. The molecule has 1 heterocycles. The lowest BCUT2D eigenvalue weighted by atomic mass is 10.0. The zero-order chi connectivity index (χ0) is 11.5. The number of hydrogen-bond acceptors (Lipinski definition) is 2. The van der Waals surface area contributed by atoms with E-state index in [9.17, 15) is 0 Å². The van der Waals surface area contributed by atoms with Crippen molar-refractivity contribution in [2.24, 2.45) is 0 Å². The zero-order valence-corrected chi connectivity index (χ0v) is 10.6. The fourth-order valence-electron chi connectivity index (χ4n) is 2.09. The first kappa shape index (κ1) is 11.7. The highest BCUT2D eigenvalue weighted by Crippen LogP contribution is 2.26. The predicted octanol–water partition coefficient (Wildman–Crippen LogP) is 3.63. The molecule has 88 valence electrons. The molecule has 1 aliphatic heterocycles. The van der Waals surface area contributed by atoms with Crippen LogP contribution in [0.4, 0.5) is 5.69 Å². The van der Waals surface area contributed by atoms with Crippen LogP contribution in [0.2, 0.25) is 5.02 Å². The summed E-state index contributed by atoms with van der Waals surface area (Å²) in [5.74, 6) is 0. The number of aryl methyl sites for hydroxylation is 1. The molecule has 1 aliphatic rings. The van der Waals surface area contributed by atoms with Crippen molar-refractivity contribution in [1.82, 2.24) is 0 Å². The van der Waals surface area contributed by atoms with Crippen LogP contribution in [0.3, 0.4) is 0 Å². The van der Waals surface area contributed by atoms with E-state index in [0.717, 1.165) is 30.2 Å². The van der Waals surface area contributed by atoms with Crippen LogP contribution in [0.5, 0.6) is 0 Å². The molecule has 0 bridgehead atoms. The highest BCUT2D eigenvalue weighted by Gasteiger charge is 2.19. The average molecular weight is 240 g/mol. The lowest BCUT2D eigenvalue weighted by molar-refractivity contribution is 0.0232. The molecule has 0 aliphatic carbocycles. The molecule has 3 heteroatoms. The van der Waals surface area contributed by atoms with E-state index < -0.39 is 0 Å². The minimum atomic E-state index is 0.343. The summed E-state index contributed by atoms with van der Waals surface area (Å²) in [6, 6.07) is 6.60. The second kappa shape index (κ2) is 5.07. The molecular weight excluding hydrogens is 222 g/mol. The van der Waals surface area contributed by atoms with Gasteiger partial charge in [-0.05, 0) is 44.4 Å². The Kier molecular flexibility index (Phi) is 3.72. The number of anilines is 1. The molecular formula is C13H18ClNO. The fraction of sp³-hybridized carbons (Fsp3) is 0.538. The number of hydrogen-bond donors (Lipinski definition) is 1. The average Bonchev–Trinajstić information content (AvgIpc) is 2.22. The van der Waals surface area contributed by atoms with Gasteiger partial charge >= 0.3 is 0 Å². The molecule has 0 aromatic heterocycles. The minimum Gasteiger partial charge on any atom is -0.381 e. The van der Waals surface area contributed by atoms with Crippen molar-refractivity contribution < 1.29 is 4.74 Å². The maximum Gasteiger partial charge on any atom is 0.0640 e. The fourth-order valence-corrected chi connectivity index (χ4v) is 2.38. The SMILES string of the molecule is Cc1ccc(NC2CCOC(C)C2)c(Cl)c1. The standard InChI is InChI=1S/C13H18ClNO/c1-9-3-4-13(12(14)7-9)15-11-5-6-16-10(2)8-11/h3-4,7,10-11,15H,5-6,8H2,1-2H3. The van der Waals surface area contributed by atoms with Gasteiger partial charge in [-0.25, -0.2) is 0 Å². The van der Waals surface area contributed by atoms with Gasteiger partial charge in [0, 0.05) is 12.6 Å². The summed E-state index contributed by atoms with van der Waals surface area (Å²) in [4.78, 5) is 0. The van der Waals surface area contributed by atoms with Gasteiger partial charge in [0.1, 0.15) is 0 Å². The number of halogens is 1. The highest BCUT2D eigenvalue weighted by molar-refractivity contribution is 6.33. The Balaban J connectivity index is 2.02. The van der Waals surface area contributed by atoms with Crippen LogP contribution < -0.4 is 5.32 Å². The second-order valence-corrected chi connectivity index (χ2v) is 4.94. The number of nitrogens with one attached hydrogen (secondary N) is 1. The van der Waals surface area contributed by atoms with Gasteiger partial charge < -0.3 is 10.1 Å².